The van der Waals surface area contributed by atoms with Crippen molar-refractivity contribution >= 4 is 17.7 Å². The van der Waals surface area contributed by atoms with Gasteiger partial charge in [-0.2, -0.15) is 0 Å². The third kappa shape index (κ3) is 7.66. The van der Waals surface area contributed by atoms with E-state index < -0.39 is 5.82 Å². The molecule has 1 aliphatic heterocycles. The molecule has 0 spiro atoms. The summed E-state index contributed by atoms with van der Waals surface area (Å²) >= 11 is 0. The zero-order valence-electron chi connectivity index (χ0n) is 21.6. The van der Waals surface area contributed by atoms with Crippen LogP contribution in [0.4, 0.5) is 10.1 Å². The predicted octanol–water partition coefficient (Wildman–Crippen LogP) is 4.95. The van der Waals surface area contributed by atoms with Gasteiger partial charge in [0.25, 0.3) is 0 Å². The first kappa shape index (κ1) is 26.4. The monoisotopic (exact) mass is 504 g/mol. The van der Waals surface area contributed by atoms with Gasteiger partial charge in [-0.05, 0) is 44.2 Å². The summed E-state index contributed by atoms with van der Waals surface area (Å²) in [5.74, 6) is 0.552. The number of aliphatic imine (C=N–C) groups is 2. The lowest BCUT2D eigenvalue weighted by Gasteiger charge is -2.16. The Kier molecular flexibility index (Phi) is 8.95. The molecule has 0 aliphatic carbocycles. The van der Waals surface area contributed by atoms with Crippen LogP contribution < -0.4 is 15.4 Å². The van der Waals surface area contributed by atoms with Crippen molar-refractivity contribution < 1.29 is 13.9 Å². The van der Waals surface area contributed by atoms with E-state index in [1.54, 1.807) is 43.6 Å². The fourth-order valence-corrected chi connectivity index (χ4v) is 3.73. The zero-order chi connectivity index (χ0) is 26.2. The Labute approximate surface area is 217 Å². The molecule has 1 aliphatic rings. The van der Waals surface area contributed by atoms with Gasteiger partial charge in [0.05, 0.1) is 18.2 Å². The van der Waals surface area contributed by atoms with Crippen LogP contribution in [-0.4, -0.2) is 54.7 Å². The van der Waals surface area contributed by atoms with Crippen LogP contribution in [0.3, 0.4) is 0 Å². The minimum Gasteiger partial charge on any atom is -0.436 e. The van der Waals surface area contributed by atoms with Gasteiger partial charge in [0.2, 0.25) is 5.88 Å². The number of halogens is 1. The topological polar surface area (TPSA) is 86.7 Å². The van der Waals surface area contributed by atoms with Crippen LogP contribution in [0.25, 0.3) is 0 Å². The summed E-state index contributed by atoms with van der Waals surface area (Å²) in [7, 11) is 1.66. The van der Waals surface area contributed by atoms with E-state index in [-0.39, 0.29) is 18.2 Å². The summed E-state index contributed by atoms with van der Waals surface area (Å²) in [6.07, 6.45) is 1.57. The molecule has 2 atom stereocenters. The van der Waals surface area contributed by atoms with Crippen LogP contribution in [0, 0.1) is 12.7 Å². The normalized spacial score (nSPS) is 17.4. The first-order valence-electron chi connectivity index (χ1n) is 12.3. The number of benzene rings is 2. The number of ether oxygens (including phenoxy) is 2. The van der Waals surface area contributed by atoms with Crippen molar-refractivity contribution in [2.24, 2.45) is 9.98 Å². The van der Waals surface area contributed by atoms with Crippen molar-refractivity contribution in [2.75, 3.05) is 25.6 Å². The maximum Gasteiger partial charge on any atom is 0.219 e. The highest BCUT2D eigenvalue weighted by molar-refractivity contribution is 5.93. The molecule has 2 heterocycles. The number of aromatic nitrogens is 1. The molecule has 0 radical (unpaired) electrons. The van der Waals surface area contributed by atoms with Crippen LogP contribution in [-0.2, 0) is 11.3 Å². The van der Waals surface area contributed by atoms with Gasteiger partial charge in [0.15, 0.2) is 24.0 Å². The second-order valence-corrected chi connectivity index (χ2v) is 8.76. The zero-order valence-corrected chi connectivity index (χ0v) is 21.6. The number of nitrogens with one attached hydrogen (secondary N) is 2. The molecular formula is C28H33FN6O2. The molecule has 0 saturated carbocycles. The van der Waals surface area contributed by atoms with E-state index in [0.29, 0.717) is 29.8 Å². The Morgan fingerprint density at radius 1 is 1.19 bits per heavy atom. The summed E-state index contributed by atoms with van der Waals surface area (Å²) in [5, 5.41) is 6.57. The molecule has 8 nitrogen and oxygen atoms in total. The molecule has 2 unspecified atom stereocenters. The highest BCUT2D eigenvalue weighted by Gasteiger charge is 2.42. The number of amidine groups is 1. The van der Waals surface area contributed by atoms with Crippen LogP contribution in [0.15, 0.2) is 70.6 Å². The number of nitrogens with zero attached hydrogens (tertiary/aromatic N) is 4. The van der Waals surface area contributed by atoms with Gasteiger partial charge in [-0.1, -0.05) is 42.8 Å². The van der Waals surface area contributed by atoms with Gasteiger partial charge < -0.3 is 14.8 Å². The van der Waals surface area contributed by atoms with E-state index in [2.05, 4.69) is 68.6 Å². The first-order valence-corrected chi connectivity index (χ1v) is 12.3. The lowest BCUT2D eigenvalue weighted by molar-refractivity contribution is 0.187. The van der Waals surface area contributed by atoms with Gasteiger partial charge in [0.1, 0.15) is 0 Å². The second kappa shape index (κ2) is 12.5. The minimum absolute atomic E-state index is 0.0171. The molecule has 1 saturated heterocycles. The lowest BCUT2D eigenvalue weighted by atomic mass is 10.1. The highest BCUT2D eigenvalue weighted by atomic mass is 19.1. The summed E-state index contributed by atoms with van der Waals surface area (Å²) < 4.78 is 26.1. The number of aryl methyl sites for hydroxylation is 1. The standard InChI is InChI=1S/C28H33FN6O2/c1-5-35(28-27(37-28)31-16-21-11-9-19(2)10-12-21)18-32-20(3)33-22-13-14-25(24(29)15-22)36-26-8-6-7-23(34-26)17-30-4/h6-15,17,27-28,31H,5,16,18H2,1-4H3,(H,32,33). The van der Waals surface area contributed by atoms with Crippen molar-refractivity contribution in [3.05, 3.63) is 83.3 Å². The number of anilines is 1. The summed E-state index contributed by atoms with van der Waals surface area (Å²) in [6.45, 7) is 8.02. The number of rotatable bonds is 11. The van der Waals surface area contributed by atoms with Crippen LogP contribution in [0.5, 0.6) is 11.6 Å². The second-order valence-electron chi connectivity index (χ2n) is 8.76. The summed E-state index contributed by atoms with van der Waals surface area (Å²) in [4.78, 5) is 15.0. The Hall–Kier alpha value is -3.66. The quantitative estimate of drug-likeness (QED) is 0.218. The first-order chi connectivity index (χ1) is 17.9. The van der Waals surface area contributed by atoms with Gasteiger partial charge in [-0.15, -0.1) is 0 Å². The Balaban J connectivity index is 1.27. The van der Waals surface area contributed by atoms with Crippen molar-refractivity contribution in [3.8, 4) is 11.6 Å². The van der Waals surface area contributed by atoms with Gasteiger partial charge in [0, 0.05) is 37.6 Å². The van der Waals surface area contributed by atoms with Crippen molar-refractivity contribution in [2.45, 2.75) is 39.8 Å². The number of hydrogen-bond acceptors (Lipinski definition) is 7. The third-order valence-electron chi connectivity index (χ3n) is 5.83. The average molecular weight is 505 g/mol. The average Bonchev–Trinajstić information content (AvgIpc) is 3.66. The van der Waals surface area contributed by atoms with Crippen LogP contribution in [0.1, 0.15) is 30.7 Å². The van der Waals surface area contributed by atoms with E-state index in [4.69, 9.17) is 9.47 Å². The largest absolute Gasteiger partial charge is 0.436 e. The third-order valence-corrected chi connectivity index (χ3v) is 5.83. The Bertz CT molecular complexity index is 1250. The Morgan fingerprint density at radius 3 is 2.73 bits per heavy atom. The smallest absolute Gasteiger partial charge is 0.219 e. The molecule has 2 aromatic carbocycles. The van der Waals surface area contributed by atoms with E-state index in [1.165, 1.54) is 17.2 Å². The van der Waals surface area contributed by atoms with E-state index >= 15 is 0 Å². The van der Waals surface area contributed by atoms with Gasteiger partial charge >= 0.3 is 0 Å². The van der Waals surface area contributed by atoms with Crippen molar-refractivity contribution in [1.82, 2.24) is 15.2 Å². The molecular weight excluding hydrogens is 471 g/mol. The molecule has 1 fully saturated rings. The number of epoxide rings is 1. The van der Waals surface area contributed by atoms with Gasteiger partial charge in [-0.3, -0.25) is 20.2 Å². The molecule has 9 heteroatoms. The SMILES string of the molecule is CCN(CN=C(C)Nc1ccc(Oc2cccc(C=NC)n2)c(F)c1)C1OC1NCc1ccc(C)cc1. The van der Waals surface area contributed by atoms with Crippen LogP contribution in [0.2, 0.25) is 0 Å². The van der Waals surface area contributed by atoms with E-state index in [9.17, 15) is 4.39 Å². The molecule has 37 heavy (non-hydrogen) atoms. The van der Waals surface area contributed by atoms with E-state index in [0.717, 1.165) is 13.1 Å². The minimum atomic E-state index is -0.502. The lowest BCUT2D eigenvalue weighted by Crippen LogP contribution is -2.32. The van der Waals surface area contributed by atoms with Crippen LogP contribution >= 0.6 is 0 Å². The Morgan fingerprint density at radius 2 is 2.00 bits per heavy atom. The fraction of sp³-hybridized carbons (Fsp3) is 0.321. The molecule has 194 valence electrons. The van der Waals surface area contributed by atoms with Crippen molar-refractivity contribution in [3.63, 3.8) is 0 Å². The molecule has 1 aromatic heterocycles. The van der Waals surface area contributed by atoms with Gasteiger partial charge in [-0.25, -0.2) is 9.37 Å². The molecule has 2 N–H and O–H groups in total. The maximum atomic E-state index is 14.7. The molecule has 3 aromatic rings. The number of pyridine rings is 1. The highest BCUT2D eigenvalue weighted by Crippen LogP contribution is 2.26. The fourth-order valence-electron chi connectivity index (χ4n) is 3.73. The molecule has 0 amide bonds. The number of hydrogen-bond donors (Lipinski definition) is 2. The maximum absolute atomic E-state index is 14.7. The summed E-state index contributed by atoms with van der Waals surface area (Å²) in [6, 6.07) is 18.4. The van der Waals surface area contributed by atoms with Crippen molar-refractivity contribution in [1.29, 1.82) is 0 Å². The molecule has 0 bridgehead atoms. The summed E-state index contributed by atoms with van der Waals surface area (Å²) in [5.41, 5.74) is 3.68. The van der Waals surface area contributed by atoms with E-state index in [1.807, 2.05) is 6.92 Å². The molecule has 4 rings (SSSR count). The predicted molar refractivity (Wildman–Crippen MR) is 145 cm³/mol. The number of likely N-dealkylation sites (N-methyl/N-ethyl adjacent to an activating group) is 1.